The minimum atomic E-state index is 0. The molecule has 3 heteroatoms. The Kier molecular flexibility index (Phi) is 11.6. The molecule has 0 spiro atoms. The van der Waals surface area contributed by atoms with Crippen LogP contribution in [0.4, 0.5) is 0 Å². The van der Waals surface area contributed by atoms with E-state index in [-0.39, 0.29) is 25.5 Å². The Morgan fingerprint density at radius 1 is 1.22 bits per heavy atom. The van der Waals surface area contributed by atoms with E-state index in [2.05, 4.69) is 18.7 Å². The average molecular weight is 123 g/mol. The molecule has 0 aromatic heterocycles. The maximum absolute atomic E-state index is 10.0. The zero-order valence-electron chi connectivity index (χ0n) is 6.68. The Bertz CT molecular complexity index is 48.3. The molecule has 0 fully saturated rings. The third kappa shape index (κ3) is 6.40. The molecule has 0 aliphatic carbocycles. The van der Waals surface area contributed by atoms with Gasteiger partial charge in [0.2, 0.25) is 0 Å². The van der Waals surface area contributed by atoms with Gasteiger partial charge in [0.25, 0.3) is 0 Å². The van der Waals surface area contributed by atoms with Gasteiger partial charge in [-0.3, -0.25) is 0 Å². The summed E-state index contributed by atoms with van der Waals surface area (Å²) < 4.78 is 0. The van der Waals surface area contributed by atoms with Crippen LogP contribution in [0.3, 0.4) is 0 Å². The van der Waals surface area contributed by atoms with Gasteiger partial charge in [-0.05, 0) is 19.6 Å². The van der Waals surface area contributed by atoms with Crippen molar-refractivity contribution in [2.24, 2.45) is 0 Å². The van der Waals surface area contributed by atoms with Crippen molar-refractivity contribution >= 4 is 0 Å². The monoisotopic (exact) mass is 123 g/mol. The first-order valence-electron chi connectivity index (χ1n) is 3.15. The van der Waals surface area contributed by atoms with Crippen molar-refractivity contribution in [2.45, 2.75) is 13.8 Å². The third-order valence-electron chi connectivity index (χ3n) is 1.30. The van der Waals surface area contributed by atoms with Crippen LogP contribution in [0.1, 0.15) is 13.8 Å². The second kappa shape index (κ2) is 8.52. The van der Waals surface area contributed by atoms with Crippen LogP contribution in [0.15, 0.2) is 0 Å². The Hall–Kier alpha value is 0.517. The fourth-order valence-corrected chi connectivity index (χ4v) is 0.669. The molecule has 0 saturated carbocycles. The Labute approximate surface area is 69.4 Å². The van der Waals surface area contributed by atoms with Crippen LogP contribution in [-0.4, -0.2) is 31.1 Å². The molecule has 0 aliphatic heterocycles. The van der Waals surface area contributed by atoms with E-state index in [4.69, 9.17) is 0 Å². The summed E-state index contributed by atoms with van der Waals surface area (Å²) in [6.45, 7) is 6.87. The van der Waals surface area contributed by atoms with Crippen molar-refractivity contribution in [3.05, 3.63) is 0 Å². The molecular weight excluding hydrogens is 109 g/mol. The first kappa shape index (κ1) is 12.2. The van der Waals surface area contributed by atoms with Crippen LogP contribution in [-0.2, 0) is 0 Å². The number of hydrogen-bond donors (Lipinski definition) is 0. The van der Waals surface area contributed by atoms with Crippen LogP contribution in [0.25, 0.3) is 0 Å². The number of nitrogens with zero attached hydrogens (tertiary/aromatic N) is 1. The van der Waals surface area contributed by atoms with E-state index >= 15 is 0 Å². The second-order valence-corrected chi connectivity index (χ2v) is 1.73. The molecule has 0 atom stereocenters. The molecule has 0 amide bonds. The predicted molar refractivity (Wildman–Crippen MR) is 32.7 cm³/mol. The van der Waals surface area contributed by atoms with Gasteiger partial charge in [-0.1, -0.05) is 13.8 Å². The van der Waals surface area contributed by atoms with Crippen LogP contribution < -0.4 is 24.0 Å². The molecule has 2 nitrogen and oxygen atoms in total. The smallest absolute Gasteiger partial charge is 0.854 e. The summed E-state index contributed by atoms with van der Waals surface area (Å²) in [5.74, 6) is 0. The molecular formula is C6H14LiNO. The van der Waals surface area contributed by atoms with Gasteiger partial charge in [-0.2, -0.15) is 0 Å². The molecule has 0 aliphatic rings. The van der Waals surface area contributed by atoms with Crippen molar-refractivity contribution in [2.75, 3.05) is 26.2 Å². The van der Waals surface area contributed by atoms with Gasteiger partial charge in [0.15, 0.2) is 0 Å². The van der Waals surface area contributed by atoms with E-state index in [9.17, 15) is 5.11 Å². The topological polar surface area (TPSA) is 26.3 Å². The van der Waals surface area contributed by atoms with Gasteiger partial charge in [0, 0.05) is 0 Å². The predicted octanol–water partition coefficient (Wildman–Crippen LogP) is -3.31. The first-order chi connectivity index (χ1) is 3.85. The summed E-state index contributed by atoms with van der Waals surface area (Å²) in [5, 5.41) is 10.0. The van der Waals surface area contributed by atoms with Crippen molar-refractivity contribution in [1.82, 2.24) is 4.90 Å². The Balaban J connectivity index is 0. The zero-order chi connectivity index (χ0) is 6.41. The Morgan fingerprint density at radius 2 is 1.67 bits per heavy atom. The molecule has 0 heterocycles. The van der Waals surface area contributed by atoms with Gasteiger partial charge >= 0.3 is 18.9 Å². The fraction of sp³-hybridized carbons (Fsp3) is 1.00. The number of hydrogen-bond acceptors (Lipinski definition) is 2. The maximum atomic E-state index is 10.0. The summed E-state index contributed by atoms with van der Waals surface area (Å²) >= 11 is 0. The van der Waals surface area contributed by atoms with E-state index in [1.807, 2.05) is 0 Å². The third-order valence-corrected chi connectivity index (χ3v) is 1.30. The van der Waals surface area contributed by atoms with Crippen LogP contribution in [0, 0.1) is 0 Å². The first-order valence-corrected chi connectivity index (χ1v) is 3.15. The average Bonchev–Trinajstić information content (AvgIpc) is 1.83. The van der Waals surface area contributed by atoms with E-state index < -0.39 is 0 Å². The van der Waals surface area contributed by atoms with Crippen molar-refractivity contribution in [3.63, 3.8) is 0 Å². The number of rotatable bonds is 4. The van der Waals surface area contributed by atoms with E-state index in [0.29, 0.717) is 6.54 Å². The van der Waals surface area contributed by atoms with Gasteiger partial charge in [0.1, 0.15) is 0 Å². The van der Waals surface area contributed by atoms with Crippen LogP contribution in [0.5, 0.6) is 0 Å². The zero-order valence-corrected chi connectivity index (χ0v) is 6.68. The quantitative estimate of drug-likeness (QED) is 0.366. The van der Waals surface area contributed by atoms with E-state index in [1.54, 1.807) is 0 Å². The van der Waals surface area contributed by atoms with Crippen LogP contribution >= 0.6 is 0 Å². The standard InChI is InChI=1S/C6H14NO.Li/c1-3-7(4-2)5-6-8;/h3-6H2,1-2H3;/q-1;+1. The minimum absolute atomic E-state index is 0. The maximum Gasteiger partial charge on any atom is 1.00 e. The van der Waals surface area contributed by atoms with Gasteiger partial charge < -0.3 is 10.0 Å². The largest absolute Gasteiger partial charge is 1.00 e. The molecule has 0 aromatic carbocycles. The Morgan fingerprint density at radius 3 is 1.78 bits per heavy atom. The van der Waals surface area contributed by atoms with Gasteiger partial charge in [-0.15, -0.1) is 6.61 Å². The number of likely N-dealkylation sites (N-methyl/N-ethyl adjacent to an activating group) is 1. The van der Waals surface area contributed by atoms with Gasteiger partial charge in [-0.25, -0.2) is 0 Å². The normalized spacial score (nSPS) is 9.33. The van der Waals surface area contributed by atoms with Crippen molar-refractivity contribution < 1.29 is 24.0 Å². The molecule has 0 N–H and O–H groups in total. The molecule has 0 unspecified atom stereocenters. The van der Waals surface area contributed by atoms with Crippen LogP contribution in [0.2, 0.25) is 0 Å². The molecule has 0 saturated heterocycles. The molecule has 0 rings (SSSR count). The van der Waals surface area contributed by atoms with E-state index in [1.165, 1.54) is 0 Å². The second-order valence-electron chi connectivity index (χ2n) is 1.73. The molecule has 9 heavy (non-hydrogen) atoms. The molecule has 0 bridgehead atoms. The minimum Gasteiger partial charge on any atom is -0.854 e. The molecule has 0 radical (unpaired) electrons. The summed E-state index contributed by atoms with van der Waals surface area (Å²) in [6, 6.07) is 0. The van der Waals surface area contributed by atoms with Crippen molar-refractivity contribution in [3.8, 4) is 0 Å². The molecule has 50 valence electrons. The van der Waals surface area contributed by atoms with Gasteiger partial charge in [0.05, 0.1) is 0 Å². The summed E-state index contributed by atoms with van der Waals surface area (Å²) in [6.07, 6.45) is 0. The summed E-state index contributed by atoms with van der Waals surface area (Å²) in [4.78, 5) is 2.12. The fourth-order valence-electron chi connectivity index (χ4n) is 0.669. The summed E-state index contributed by atoms with van der Waals surface area (Å²) in [7, 11) is 0. The van der Waals surface area contributed by atoms with Crippen molar-refractivity contribution in [1.29, 1.82) is 0 Å². The SMILES string of the molecule is CCN(CC)CC[O-].[Li+]. The summed E-state index contributed by atoms with van der Waals surface area (Å²) in [5.41, 5.74) is 0. The molecule has 0 aromatic rings. The van der Waals surface area contributed by atoms with E-state index in [0.717, 1.165) is 13.1 Å².